The van der Waals surface area contributed by atoms with Crippen molar-refractivity contribution >= 4 is 15.8 Å². The number of guanidine groups is 1. The van der Waals surface area contributed by atoms with Gasteiger partial charge in [-0.3, -0.25) is 4.99 Å². The molecule has 6 heteroatoms. The fraction of sp³-hybridized carbons (Fsp3) is 0.500. The molecule has 0 aliphatic carbocycles. The van der Waals surface area contributed by atoms with Crippen LogP contribution in [0.15, 0.2) is 34.2 Å². The second-order valence-corrected chi connectivity index (χ2v) is 7.30. The molecule has 0 saturated carbocycles. The van der Waals surface area contributed by atoms with Gasteiger partial charge < -0.3 is 10.2 Å². The van der Waals surface area contributed by atoms with Crippen LogP contribution in [-0.4, -0.2) is 51.2 Å². The lowest BCUT2D eigenvalue weighted by atomic mass is 10.2. The number of likely N-dealkylation sites (N-methyl/N-ethyl adjacent to an activating group) is 1. The van der Waals surface area contributed by atoms with Gasteiger partial charge in [0.2, 0.25) is 0 Å². The first-order chi connectivity index (χ1) is 9.38. The standard InChI is InChI=1S/C14H21N3O2S/c1-11-4-6-13(7-5-11)20(18,19)10-12(2)16-14-15-8-9-17(14)3/h4-7,12H,8-10H2,1-3H3,(H,15,16). The van der Waals surface area contributed by atoms with Crippen LogP contribution in [0.5, 0.6) is 0 Å². The van der Waals surface area contributed by atoms with Gasteiger partial charge in [-0.15, -0.1) is 0 Å². The van der Waals surface area contributed by atoms with Crippen LogP contribution in [0.4, 0.5) is 0 Å². The summed E-state index contributed by atoms with van der Waals surface area (Å²) in [7, 11) is -1.33. The van der Waals surface area contributed by atoms with Crippen molar-refractivity contribution in [2.24, 2.45) is 4.99 Å². The Balaban J connectivity index is 2.02. The zero-order valence-electron chi connectivity index (χ0n) is 12.1. The molecule has 1 aromatic carbocycles. The van der Waals surface area contributed by atoms with Crippen LogP contribution in [0.1, 0.15) is 12.5 Å². The molecule has 1 aliphatic rings. The fourth-order valence-corrected chi connectivity index (χ4v) is 3.61. The van der Waals surface area contributed by atoms with Gasteiger partial charge in [-0.1, -0.05) is 17.7 Å². The van der Waals surface area contributed by atoms with E-state index in [2.05, 4.69) is 10.3 Å². The van der Waals surface area contributed by atoms with Crippen LogP contribution in [-0.2, 0) is 9.84 Å². The molecular weight excluding hydrogens is 274 g/mol. The highest BCUT2D eigenvalue weighted by atomic mass is 32.2. The Bertz CT molecular complexity index is 593. The molecule has 1 atom stereocenters. The largest absolute Gasteiger partial charge is 0.353 e. The third-order valence-electron chi connectivity index (χ3n) is 3.28. The second-order valence-electron chi connectivity index (χ2n) is 5.27. The van der Waals surface area contributed by atoms with Gasteiger partial charge in [0.25, 0.3) is 0 Å². The summed E-state index contributed by atoms with van der Waals surface area (Å²) in [6.45, 7) is 5.44. The van der Waals surface area contributed by atoms with Gasteiger partial charge in [-0.05, 0) is 26.0 Å². The lowest BCUT2D eigenvalue weighted by molar-refractivity contribution is 0.521. The smallest absolute Gasteiger partial charge is 0.194 e. The first kappa shape index (κ1) is 14.8. The van der Waals surface area contributed by atoms with Gasteiger partial charge in [0.15, 0.2) is 15.8 Å². The summed E-state index contributed by atoms with van der Waals surface area (Å²) in [5, 5.41) is 3.16. The summed E-state index contributed by atoms with van der Waals surface area (Å²) in [5.74, 6) is 0.833. The highest BCUT2D eigenvalue weighted by Crippen LogP contribution is 2.13. The predicted molar refractivity (Wildman–Crippen MR) is 80.8 cm³/mol. The Morgan fingerprint density at radius 3 is 2.55 bits per heavy atom. The molecule has 0 bridgehead atoms. The average molecular weight is 295 g/mol. The van der Waals surface area contributed by atoms with Crippen molar-refractivity contribution in [2.75, 3.05) is 25.9 Å². The fourth-order valence-electron chi connectivity index (χ4n) is 2.12. The quantitative estimate of drug-likeness (QED) is 0.902. The highest BCUT2D eigenvalue weighted by molar-refractivity contribution is 7.91. The third kappa shape index (κ3) is 3.50. The molecule has 2 rings (SSSR count). The van der Waals surface area contributed by atoms with Crippen LogP contribution >= 0.6 is 0 Å². The van der Waals surface area contributed by atoms with E-state index in [0.29, 0.717) is 4.90 Å². The molecule has 110 valence electrons. The van der Waals surface area contributed by atoms with E-state index in [9.17, 15) is 8.42 Å². The maximum absolute atomic E-state index is 12.3. The first-order valence-corrected chi connectivity index (χ1v) is 8.35. The van der Waals surface area contributed by atoms with Crippen molar-refractivity contribution in [3.05, 3.63) is 29.8 Å². The molecule has 5 nitrogen and oxygen atoms in total. The van der Waals surface area contributed by atoms with Crippen molar-refractivity contribution < 1.29 is 8.42 Å². The molecule has 1 N–H and O–H groups in total. The molecule has 0 saturated heterocycles. The van der Waals surface area contributed by atoms with Gasteiger partial charge >= 0.3 is 0 Å². The molecule has 1 heterocycles. The highest BCUT2D eigenvalue weighted by Gasteiger charge is 2.21. The van der Waals surface area contributed by atoms with E-state index < -0.39 is 9.84 Å². The Hall–Kier alpha value is -1.56. The number of benzene rings is 1. The molecule has 0 amide bonds. The molecule has 1 aliphatic heterocycles. The maximum Gasteiger partial charge on any atom is 0.194 e. The summed E-state index contributed by atoms with van der Waals surface area (Å²) in [4.78, 5) is 6.68. The molecule has 0 radical (unpaired) electrons. The Labute approximate surface area is 120 Å². The van der Waals surface area contributed by atoms with E-state index in [1.807, 2.05) is 37.9 Å². The summed E-state index contributed by atoms with van der Waals surface area (Å²) >= 11 is 0. The van der Waals surface area contributed by atoms with E-state index in [1.165, 1.54) is 0 Å². The number of nitrogens with zero attached hydrogens (tertiary/aromatic N) is 2. The number of hydrogen-bond donors (Lipinski definition) is 1. The monoisotopic (exact) mass is 295 g/mol. The van der Waals surface area contributed by atoms with Gasteiger partial charge in [0.05, 0.1) is 17.2 Å². The second kappa shape index (κ2) is 5.83. The summed E-state index contributed by atoms with van der Waals surface area (Å²) in [6, 6.07) is 6.79. The van der Waals surface area contributed by atoms with E-state index in [0.717, 1.165) is 24.6 Å². The molecule has 0 spiro atoms. The van der Waals surface area contributed by atoms with Gasteiger partial charge in [-0.2, -0.15) is 0 Å². The molecule has 0 aromatic heterocycles. The number of hydrogen-bond acceptors (Lipinski definition) is 5. The lowest BCUT2D eigenvalue weighted by Gasteiger charge is -2.20. The number of aliphatic imine (C=N–C) groups is 1. The lowest BCUT2D eigenvalue weighted by Crippen LogP contribution is -2.43. The summed E-state index contributed by atoms with van der Waals surface area (Å²) < 4.78 is 24.6. The molecule has 20 heavy (non-hydrogen) atoms. The number of rotatable bonds is 4. The van der Waals surface area contributed by atoms with Crippen molar-refractivity contribution in [3.8, 4) is 0 Å². The van der Waals surface area contributed by atoms with Crippen LogP contribution in [0, 0.1) is 6.92 Å². The topological polar surface area (TPSA) is 61.8 Å². The molecule has 0 fully saturated rings. The third-order valence-corrected chi connectivity index (χ3v) is 5.21. The number of nitrogens with one attached hydrogen (secondary N) is 1. The minimum atomic E-state index is -3.27. The van der Waals surface area contributed by atoms with E-state index in [4.69, 9.17) is 0 Å². The van der Waals surface area contributed by atoms with Crippen molar-refractivity contribution in [1.82, 2.24) is 10.2 Å². The van der Waals surface area contributed by atoms with Gasteiger partial charge in [0.1, 0.15) is 0 Å². The molecular formula is C14H21N3O2S. The van der Waals surface area contributed by atoms with Gasteiger partial charge in [-0.25, -0.2) is 8.42 Å². The minimum Gasteiger partial charge on any atom is -0.353 e. The van der Waals surface area contributed by atoms with Crippen molar-refractivity contribution in [3.63, 3.8) is 0 Å². The summed E-state index contributed by atoms with van der Waals surface area (Å²) in [5.41, 5.74) is 1.05. The van der Waals surface area contributed by atoms with Crippen molar-refractivity contribution in [1.29, 1.82) is 0 Å². The van der Waals surface area contributed by atoms with E-state index >= 15 is 0 Å². The van der Waals surface area contributed by atoms with Gasteiger partial charge in [0, 0.05) is 19.6 Å². The normalized spacial score (nSPS) is 16.9. The molecule has 1 aromatic rings. The SMILES string of the molecule is Cc1ccc(S(=O)(=O)CC(C)NC2=NCCN2C)cc1. The number of sulfone groups is 1. The Morgan fingerprint density at radius 2 is 2.00 bits per heavy atom. The van der Waals surface area contributed by atoms with Crippen LogP contribution < -0.4 is 5.32 Å². The van der Waals surface area contributed by atoms with E-state index in [-0.39, 0.29) is 11.8 Å². The van der Waals surface area contributed by atoms with Crippen LogP contribution in [0.3, 0.4) is 0 Å². The van der Waals surface area contributed by atoms with E-state index in [1.54, 1.807) is 12.1 Å². The van der Waals surface area contributed by atoms with Crippen molar-refractivity contribution in [2.45, 2.75) is 24.8 Å². The average Bonchev–Trinajstić information content (AvgIpc) is 2.74. The zero-order chi connectivity index (χ0) is 14.8. The van der Waals surface area contributed by atoms with Crippen LogP contribution in [0.2, 0.25) is 0 Å². The maximum atomic E-state index is 12.3. The predicted octanol–water partition coefficient (Wildman–Crippen LogP) is 1.05. The number of aryl methyl sites for hydroxylation is 1. The van der Waals surface area contributed by atoms with Crippen LogP contribution in [0.25, 0.3) is 0 Å². The Kier molecular flexibility index (Phi) is 4.32. The zero-order valence-corrected chi connectivity index (χ0v) is 12.9. The minimum absolute atomic E-state index is 0.0585. The summed E-state index contributed by atoms with van der Waals surface area (Å²) in [6.07, 6.45) is 0. The first-order valence-electron chi connectivity index (χ1n) is 6.70. The Morgan fingerprint density at radius 1 is 1.35 bits per heavy atom. The molecule has 1 unspecified atom stereocenters.